The van der Waals surface area contributed by atoms with Crippen LogP contribution in [0, 0.1) is 0 Å². The van der Waals surface area contributed by atoms with Crippen molar-refractivity contribution < 1.29 is 13.2 Å². The second-order valence-corrected chi connectivity index (χ2v) is 9.78. The number of anilines is 1. The van der Waals surface area contributed by atoms with E-state index in [0.29, 0.717) is 41.9 Å². The summed E-state index contributed by atoms with van der Waals surface area (Å²) in [5, 5.41) is 3.68. The third-order valence-electron chi connectivity index (χ3n) is 4.97. The Morgan fingerprint density at radius 3 is 2.38 bits per heavy atom. The quantitative estimate of drug-likeness (QED) is 0.723. The van der Waals surface area contributed by atoms with E-state index in [1.165, 1.54) is 4.31 Å². The van der Waals surface area contributed by atoms with Crippen LogP contribution in [0.4, 0.5) is 5.69 Å². The molecule has 1 aliphatic rings. The summed E-state index contributed by atoms with van der Waals surface area (Å²) in [5.74, 6) is -0.230. The fraction of sp³-hybridized carbons (Fsp3) is 0.350. The highest BCUT2D eigenvalue weighted by Gasteiger charge is 2.31. The van der Waals surface area contributed by atoms with Crippen LogP contribution in [0.15, 0.2) is 48.5 Å². The molecule has 1 fully saturated rings. The van der Waals surface area contributed by atoms with Gasteiger partial charge >= 0.3 is 0 Å². The van der Waals surface area contributed by atoms with Crippen LogP contribution in [-0.2, 0) is 20.6 Å². The van der Waals surface area contributed by atoms with Crippen LogP contribution in [0.3, 0.4) is 0 Å². The normalized spacial score (nSPS) is 17.1. The van der Waals surface area contributed by atoms with Gasteiger partial charge in [0.05, 0.1) is 22.5 Å². The number of benzene rings is 2. The molecule has 0 aliphatic carbocycles. The molecule has 2 aromatic rings. The van der Waals surface area contributed by atoms with Crippen molar-refractivity contribution in [2.75, 3.05) is 31.5 Å². The van der Waals surface area contributed by atoms with Gasteiger partial charge in [0.25, 0.3) is 0 Å². The number of sulfonamides is 1. The Morgan fingerprint density at radius 1 is 1.07 bits per heavy atom. The van der Waals surface area contributed by atoms with Gasteiger partial charge in [0.2, 0.25) is 15.9 Å². The molecule has 0 spiro atoms. The molecule has 1 aliphatic heterocycles. The van der Waals surface area contributed by atoms with E-state index < -0.39 is 16.1 Å². The Balaban J connectivity index is 1.56. The summed E-state index contributed by atoms with van der Waals surface area (Å²) in [5.41, 5.74) is 1.22. The Hall–Kier alpha value is -1.64. The van der Waals surface area contributed by atoms with E-state index >= 15 is 0 Å². The zero-order valence-corrected chi connectivity index (χ0v) is 18.3. The average molecular weight is 456 g/mol. The van der Waals surface area contributed by atoms with Gasteiger partial charge in [-0.25, -0.2) is 8.42 Å². The monoisotopic (exact) mass is 455 g/mol. The topological polar surface area (TPSA) is 69.7 Å². The summed E-state index contributed by atoms with van der Waals surface area (Å²) < 4.78 is 26.8. The predicted octanol–water partition coefficient (Wildman–Crippen LogP) is 3.47. The zero-order chi connectivity index (χ0) is 21.0. The fourth-order valence-electron chi connectivity index (χ4n) is 3.24. The Morgan fingerprint density at radius 2 is 1.72 bits per heavy atom. The van der Waals surface area contributed by atoms with Crippen molar-refractivity contribution in [1.82, 2.24) is 9.21 Å². The molecule has 0 unspecified atom stereocenters. The van der Waals surface area contributed by atoms with Gasteiger partial charge in [0.1, 0.15) is 0 Å². The molecule has 1 atom stereocenters. The number of hydrogen-bond donors (Lipinski definition) is 1. The first-order valence-corrected chi connectivity index (χ1v) is 11.6. The van der Waals surface area contributed by atoms with Gasteiger partial charge in [-0.2, -0.15) is 4.31 Å². The third-order valence-corrected chi connectivity index (χ3v) is 7.39. The lowest BCUT2D eigenvalue weighted by atomic mass is 10.2. The van der Waals surface area contributed by atoms with Gasteiger partial charge in [0.15, 0.2) is 0 Å². The second-order valence-electron chi connectivity index (χ2n) is 6.97. The summed E-state index contributed by atoms with van der Waals surface area (Å²) in [6, 6.07) is 13.6. The second kappa shape index (κ2) is 9.45. The number of halogens is 2. The average Bonchev–Trinajstić information content (AvgIpc) is 2.70. The largest absolute Gasteiger partial charge is 0.323 e. The fourth-order valence-corrected chi connectivity index (χ4v) is 5.09. The standard InChI is InChI=1S/C20H23Cl2N3O3S/c1-15(20(26)23-19-13-17(21)7-8-18(19)22)24-9-11-25(12-10-24)29(27,28)14-16-5-3-2-4-6-16/h2-8,13,15H,9-12,14H2,1H3,(H,23,26)/t15-/m1/s1. The number of nitrogens with one attached hydrogen (secondary N) is 1. The van der Waals surface area contributed by atoms with Crippen molar-refractivity contribution in [3.05, 3.63) is 64.1 Å². The van der Waals surface area contributed by atoms with Crippen LogP contribution in [0.25, 0.3) is 0 Å². The minimum Gasteiger partial charge on any atom is -0.323 e. The molecule has 29 heavy (non-hydrogen) atoms. The van der Waals surface area contributed by atoms with E-state index in [9.17, 15) is 13.2 Å². The molecule has 1 N–H and O–H groups in total. The predicted molar refractivity (Wildman–Crippen MR) is 117 cm³/mol. The minimum atomic E-state index is -3.39. The lowest BCUT2D eigenvalue weighted by Gasteiger charge is -2.36. The summed E-state index contributed by atoms with van der Waals surface area (Å²) in [6.45, 7) is 3.45. The molecule has 156 valence electrons. The van der Waals surface area contributed by atoms with Crippen LogP contribution in [0.5, 0.6) is 0 Å². The number of piperazine rings is 1. The van der Waals surface area contributed by atoms with Crippen molar-refractivity contribution in [3.8, 4) is 0 Å². The maximum atomic E-state index is 12.7. The first-order valence-electron chi connectivity index (χ1n) is 9.28. The molecule has 0 saturated carbocycles. The SMILES string of the molecule is C[C@H](C(=O)Nc1cc(Cl)ccc1Cl)N1CCN(S(=O)(=O)Cc2ccccc2)CC1. The number of amides is 1. The van der Waals surface area contributed by atoms with Crippen LogP contribution in [-0.4, -0.2) is 55.8 Å². The lowest BCUT2D eigenvalue weighted by molar-refractivity contribution is -0.121. The van der Waals surface area contributed by atoms with Gasteiger partial charge in [-0.1, -0.05) is 53.5 Å². The minimum absolute atomic E-state index is 0.0167. The van der Waals surface area contributed by atoms with Crippen LogP contribution in [0.2, 0.25) is 10.0 Å². The highest BCUT2D eigenvalue weighted by atomic mass is 35.5. The molecule has 0 bridgehead atoms. The first-order chi connectivity index (χ1) is 13.8. The molecule has 1 saturated heterocycles. The summed E-state index contributed by atoms with van der Waals surface area (Å²) in [4.78, 5) is 14.6. The smallest absolute Gasteiger partial charge is 0.241 e. The highest BCUT2D eigenvalue weighted by Crippen LogP contribution is 2.26. The molecule has 1 heterocycles. The third kappa shape index (κ3) is 5.71. The molecule has 9 heteroatoms. The Kier molecular flexibility index (Phi) is 7.19. The van der Waals surface area contributed by atoms with Crippen LogP contribution in [0.1, 0.15) is 12.5 Å². The number of rotatable bonds is 6. The number of carbonyl (C=O) groups is 1. The number of nitrogens with zero attached hydrogens (tertiary/aromatic N) is 2. The number of carbonyl (C=O) groups excluding carboxylic acids is 1. The van der Waals surface area contributed by atoms with Gasteiger partial charge in [0, 0.05) is 31.2 Å². The van der Waals surface area contributed by atoms with Crippen LogP contribution < -0.4 is 5.32 Å². The van der Waals surface area contributed by atoms with Crippen molar-refractivity contribution in [1.29, 1.82) is 0 Å². The number of hydrogen-bond acceptors (Lipinski definition) is 4. The molecular formula is C20H23Cl2N3O3S. The van der Waals surface area contributed by atoms with E-state index in [-0.39, 0.29) is 11.7 Å². The summed E-state index contributed by atoms with van der Waals surface area (Å²) in [6.07, 6.45) is 0. The molecule has 1 amide bonds. The summed E-state index contributed by atoms with van der Waals surface area (Å²) in [7, 11) is -3.39. The van der Waals surface area contributed by atoms with Crippen LogP contribution >= 0.6 is 23.2 Å². The van der Waals surface area contributed by atoms with E-state index in [4.69, 9.17) is 23.2 Å². The maximum absolute atomic E-state index is 12.7. The Labute approximate surface area is 181 Å². The van der Waals surface area contributed by atoms with Crippen molar-refractivity contribution >= 4 is 44.8 Å². The van der Waals surface area contributed by atoms with Crippen molar-refractivity contribution in [2.45, 2.75) is 18.7 Å². The molecule has 2 aromatic carbocycles. The first kappa shape index (κ1) is 22.1. The van der Waals surface area contributed by atoms with E-state index in [1.807, 2.05) is 23.1 Å². The van der Waals surface area contributed by atoms with E-state index in [0.717, 1.165) is 5.56 Å². The van der Waals surface area contributed by atoms with Gasteiger partial charge in [-0.05, 0) is 30.7 Å². The van der Waals surface area contributed by atoms with Crippen molar-refractivity contribution in [3.63, 3.8) is 0 Å². The van der Waals surface area contributed by atoms with Gasteiger partial charge in [-0.3, -0.25) is 9.69 Å². The van der Waals surface area contributed by atoms with E-state index in [1.54, 1.807) is 37.3 Å². The van der Waals surface area contributed by atoms with Gasteiger partial charge < -0.3 is 5.32 Å². The lowest BCUT2D eigenvalue weighted by Crippen LogP contribution is -2.54. The van der Waals surface area contributed by atoms with Gasteiger partial charge in [-0.15, -0.1) is 0 Å². The maximum Gasteiger partial charge on any atom is 0.241 e. The van der Waals surface area contributed by atoms with E-state index in [2.05, 4.69) is 5.32 Å². The molecular weight excluding hydrogens is 433 g/mol. The molecule has 0 aromatic heterocycles. The summed E-state index contributed by atoms with van der Waals surface area (Å²) >= 11 is 12.1. The highest BCUT2D eigenvalue weighted by molar-refractivity contribution is 7.88. The molecule has 0 radical (unpaired) electrons. The van der Waals surface area contributed by atoms with Crippen molar-refractivity contribution in [2.24, 2.45) is 0 Å². The zero-order valence-electron chi connectivity index (χ0n) is 16.0. The Bertz CT molecular complexity index is 962. The molecule has 6 nitrogen and oxygen atoms in total. The molecule has 3 rings (SSSR count).